The summed E-state index contributed by atoms with van der Waals surface area (Å²) in [7, 11) is 0. The van der Waals surface area contributed by atoms with Crippen molar-refractivity contribution in [2.24, 2.45) is 5.92 Å². The highest BCUT2D eigenvalue weighted by atomic mass is 16.5. The Morgan fingerprint density at radius 2 is 1.94 bits per heavy atom. The molecule has 2 aromatic rings. The maximum absolute atomic E-state index is 5.88. The predicted molar refractivity (Wildman–Crippen MR) is 71.4 cm³/mol. The molecule has 0 aliphatic rings. The molecule has 0 unspecified atom stereocenters. The van der Waals surface area contributed by atoms with Gasteiger partial charge < -0.3 is 15.0 Å². The molecule has 0 radical (unpaired) electrons. The lowest BCUT2D eigenvalue weighted by atomic mass is 10.1. The molecule has 0 spiro atoms. The van der Waals surface area contributed by atoms with Crippen LogP contribution < -0.4 is 10.5 Å². The van der Waals surface area contributed by atoms with Crippen molar-refractivity contribution in [2.75, 3.05) is 12.3 Å². The minimum absolute atomic E-state index is 0.511. The molecule has 18 heavy (non-hydrogen) atoms. The second-order valence-corrected chi connectivity index (χ2v) is 4.74. The molecular weight excluding hydrogens is 228 g/mol. The van der Waals surface area contributed by atoms with E-state index in [4.69, 9.17) is 15.0 Å². The van der Waals surface area contributed by atoms with Gasteiger partial charge in [0.1, 0.15) is 17.1 Å². The van der Waals surface area contributed by atoms with Crippen molar-refractivity contribution in [1.82, 2.24) is 5.16 Å². The molecule has 0 saturated carbocycles. The number of nitrogens with zero attached hydrogens (tertiary/aromatic N) is 1. The molecule has 0 bridgehead atoms. The number of rotatable bonds is 4. The van der Waals surface area contributed by atoms with Gasteiger partial charge in [-0.05, 0) is 37.1 Å². The highest BCUT2D eigenvalue weighted by Crippen LogP contribution is 2.29. The fourth-order valence-corrected chi connectivity index (χ4v) is 1.55. The molecule has 1 aromatic carbocycles. The maximum Gasteiger partial charge on any atom is 0.189 e. The Hall–Kier alpha value is -1.97. The Morgan fingerprint density at radius 3 is 2.44 bits per heavy atom. The van der Waals surface area contributed by atoms with Crippen LogP contribution in [0.4, 0.5) is 5.69 Å². The van der Waals surface area contributed by atoms with E-state index in [-0.39, 0.29) is 0 Å². The van der Waals surface area contributed by atoms with Crippen molar-refractivity contribution in [3.63, 3.8) is 0 Å². The van der Waals surface area contributed by atoms with Crippen LogP contribution in [0.3, 0.4) is 0 Å². The molecule has 4 nitrogen and oxygen atoms in total. The summed E-state index contributed by atoms with van der Waals surface area (Å²) in [6, 6.07) is 7.67. The van der Waals surface area contributed by atoms with Crippen LogP contribution in [0.2, 0.25) is 0 Å². The van der Waals surface area contributed by atoms with Gasteiger partial charge >= 0.3 is 0 Å². The van der Waals surface area contributed by atoms with Gasteiger partial charge in [-0.2, -0.15) is 0 Å². The minimum atomic E-state index is 0.511. The van der Waals surface area contributed by atoms with E-state index in [9.17, 15) is 0 Å². The fourth-order valence-electron chi connectivity index (χ4n) is 1.55. The Kier molecular flexibility index (Phi) is 3.55. The number of nitrogens with two attached hydrogens (primary N) is 1. The molecule has 1 aromatic heterocycles. The number of benzene rings is 1. The zero-order valence-electron chi connectivity index (χ0n) is 10.9. The lowest BCUT2D eigenvalue weighted by molar-refractivity contribution is 0.271. The summed E-state index contributed by atoms with van der Waals surface area (Å²) in [4.78, 5) is 0. The summed E-state index contributed by atoms with van der Waals surface area (Å²) in [5.41, 5.74) is 8.09. The van der Waals surface area contributed by atoms with E-state index in [1.165, 1.54) is 0 Å². The SMILES string of the molecule is Cc1noc(-c2ccc(OCC(C)C)cc2)c1N. The van der Waals surface area contributed by atoms with Crippen LogP contribution >= 0.6 is 0 Å². The van der Waals surface area contributed by atoms with E-state index < -0.39 is 0 Å². The average molecular weight is 246 g/mol. The van der Waals surface area contributed by atoms with Gasteiger partial charge in [-0.1, -0.05) is 19.0 Å². The maximum atomic E-state index is 5.88. The van der Waals surface area contributed by atoms with Crippen LogP contribution in [0.15, 0.2) is 28.8 Å². The summed E-state index contributed by atoms with van der Waals surface area (Å²) in [5, 5.41) is 3.84. The first-order chi connectivity index (χ1) is 8.58. The largest absolute Gasteiger partial charge is 0.493 e. The molecule has 0 aliphatic heterocycles. The van der Waals surface area contributed by atoms with Gasteiger partial charge in [0.05, 0.1) is 6.61 Å². The van der Waals surface area contributed by atoms with Crippen LogP contribution in [0.5, 0.6) is 5.75 Å². The number of aromatic nitrogens is 1. The first-order valence-corrected chi connectivity index (χ1v) is 6.03. The van der Waals surface area contributed by atoms with Crippen LogP contribution in [-0.2, 0) is 0 Å². The Balaban J connectivity index is 2.15. The van der Waals surface area contributed by atoms with E-state index in [1.807, 2.05) is 31.2 Å². The van der Waals surface area contributed by atoms with Gasteiger partial charge in [0.25, 0.3) is 0 Å². The van der Waals surface area contributed by atoms with Gasteiger partial charge in [-0.15, -0.1) is 0 Å². The number of hydrogen-bond donors (Lipinski definition) is 1. The number of aryl methyl sites for hydroxylation is 1. The molecule has 0 saturated heterocycles. The zero-order chi connectivity index (χ0) is 13.1. The highest BCUT2D eigenvalue weighted by molar-refractivity contribution is 5.72. The van der Waals surface area contributed by atoms with Crippen molar-refractivity contribution in [1.29, 1.82) is 0 Å². The molecule has 2 N–H and O–H groups in total. The van der Waals surface area contributed by atoms with Gasteiger partial charge in [0.2, 0.25) is 0 Å². The van der Waals surface area contributed by atoms with Crippen molar-refractivity contribution < 1.29 is 9.26 Å². The summed E-state index contributed by atoms with van der Waals surface area (Å²) in [5.74, 6) is 1.97. The lowest BCUT2D eigenvalue weighted by Crippen LogP contribution is -2.04. The van der Waals surface area contributed by atoms with E-state index in [0.717, 1.165) is 11.3 Å². The van der Waals surface area contributed by atoms with Crippen molar-refractivity contribution in [3.05, 3.63) is 30.0 Å². The quantitative estimate of drug-likeness (QED) is 0.899. The van der Waals surface area contributed by atoms with E-state index in [1.54, 1.807) is 0 Å². The molecular formula is C14H18N2O2. The third-order valence-corrected chi connectivity index (χ3v) is 2.61. The zero-order valence-corrected chi connectivity index (χ0v) is 10.9. The molecule has 96 valence electrons. The van der Waals surface area contributed by atoms with E-state index in [0.29, 0.717) is 29.7 Å². The van der Waals surface area contributed by atoms with Gasteiger partial charge in [0.15, 0.2) is 5.76 Å². The first kappa shape index (κ1) is 12.5. The molecule has 0 aliphatic carbocycles. The normalized spacial score (nSPS) is 10.9. The highest BCUT2D eigenvalue weighted by Gasteiger charge is 2.11. The molecule has 2 rings (SSSR count). The third kappa shape index (κ3) is 2.64. The van der Waals surface area contributed by atoms with Crippen LogP contribution in [-0.4, -0.2) is 11.8 Å². The molecule has 0 atom stereocenters. The smallest absolute Gasteiger partial charge is 0.189 e. The first-order valence-electron chi connectivity index (χ1n) is 6.03. The molecule has 4 heteroatoms. The summed E-state index contributed by atoms with van der Waals surface area (Å²) < 4.78 is 10.8. The lowest BCUT2D eigenvalue weighted by Gasteiger charge is -2.08. The monoisotopic (exact) mass is 246 g/mol. The summed E-state index contributed by atoms with van der Waals surface area (Å²) in [6.45, 7) is 6.77. The predicted octanol–water partition coefficient (Wildman–Crippen LogP) is 3.27. The second kappa shape index (κ2) is 5.12. The Morgan fingerprint density at radius 1 is 1.28 bits per heavy atom. The number of nitrogen functional groups attached to an aromatic ring is 1. The van der Waals surface area contributed by atoms with Crippen molar-refractivity contribution in [3.8, 4) is 17.1 Å². The van der Waals surface area contributed by atoms with Gasteiger partial charge in [-0.25, -0.2) is 0 Å². The molecule has 1 heterocycles. The van der Waals surface area contributed by atoms with E-state index >= 15 is 0 Å². The van der Waals surface area contributed by atoms with Crippen LogP contribution in [0.25, 0.3) is 11.3 Å². The number of anilines is 1. The van der Waals surface area contributed by atoms with Crippen molar-refractivity contribution in [2.45, 2.75) is 20.8 Å². The Labute approximate surface area is 107 Å². The third-order valence-electron chi connectivity index (χ3n) is 2.61. The second-order valence-electron chi connectivity index (χ2n) is 4.74. The topological polar surface area (TPSA) is 61.3 Å². The van der Waals surface area contributed by atoms with Crippen LogP contribution in [0, 0.1) is 12.8 Å². The number of hydrogen-bond acceptors (Lipinski definition) is 4. The number of ether oxygens (including phenoxy) is 1. The Bertz CT molecular complexity index is 515. The van der Waals surface area contributed by atoms with Gasteiger partial charge in [0, 0.05) is 5.56 Å². The molecule has 0 fully saturated rings. The fraction of sp³-hybridized carbons (Fsp3) is 0.357. The summed E-state index contributed by atoms with van der Waals surface area (Å²) >= 11 is 0. The van der Waals surface area contributed by atoms with E-state index in [2.05, 4.69) is 19.0 Å². The van der Waals surface area contributed by atoms with Crippen molar-refractivity contribution >= 4 is 5.69 Å². The standard InChI is InChI=1S/C14H18N2O2/c1-9(2)8-17-12-6-4-11(5-7-12)14-13(15)10(3)16-18-14/h4-7,9H,8,15H2,1-3H3. The van der Waals surface area contributed by atoms with Crippen LogP contribution in [0.1, 0.15) is 19.5 Å². The minimum Gasteiger partial charge on any atom is -0.493 e. The molecule has 0 amide bonds. The summed E-state index contributed by atoms with van der Waals surface area (Å²) in [6.07, 6.45) is 0. The van der Waals surface area contributed by atoms with Gasteiger partial charge in [-0.3, -0.25) is 0 Å². The average Bonchev–Trinajstić information content (AvgIpc) is 2.68.